The predicted molar refractivity (Wildman–Crippen MR) is 77.6 cm³/mol. The van der Waals surface area contributed by atoms with Crippen LogP contribution in [0.3, 0.4) is 0 Å². The molecule has 1 aliphatic heterocycles. The van der Waals surface area contributed by atoms with Gasteiger partial charge in [0.1, 0.15) is 0 Å². The lowest BCUT2D eigenvalue weighted by Crippen LogP contribution is -2.28. The van der Waals surface area contributed by atoms with Gasteiger partial charge in [-0.3, -0.25) is 0 Å². The van der Waals surface area contributed by atoms with Gasteiger partial charge in [0.25, 0.3) is 0 Å². The van der Waals surface area contributed by atoms with Crippen LogP contribution in [0, 0.1) is 12.8 Å². The molecule has 0 saturated carbocycles. The predicted octanol–water partition coefficient (Wildman–Crippen LogP) is 2.72. The molecule has 0 radical (unpaired) electrons. The van der Waals surface area contributed by atoms with Gasteiger partial charge in [-0.05, 0) is 62.9 Å². The van der Waals surface area contributed by atoms with Gasteiger partial charge in [-0.25, -0.2) is 4.68 Å². The summed E-state index contributed by atoms with van der Waals surface area (Å²) < 4.78 is 1.98. The van der Waals surface area contributed by atoms with E-state index in [0.717, 1.165) is 31.1 Å². The number of piperidine rings is 1. The number of hydrogen-bond acceptors (Lipinski definition) is 2. The van der Waals surface area contributed by atoms with Crippen LogP contribution in [0.25, 0.3) is 5.69 Å². The van der Waals surface area contributed by atoms with Crippen LogP contribution in [-0.4, -0.2) is 22.9 Å². The molecule has 1 fully saturated rings. The molecule has 0 amide bonds. The van der Waals surface area contributed by atoms with Gasteiger partial charge >= 0.3 is 0 Å². The Morgan fingerprint density at radius 1 is 1.21 bits per heavy atom. The first-order valence-corrected chi connectivity index (χ1v) is 7.12. The summed E-state index contributed by atoms with van der Waals surface area (Å²) in [7, 11) is 0. The number of nitrogens with zero attached hydrogens (tertiary/aromatic N) is 2. The van der Waals surface area contributed by atoms with Crippen LogP contribution in [0.1, 0.15) is 24.0 Å². The van der Waals surface area contributed by atoms with Crippen LogP contribution in [0.5, 0.6) is 0 Å². The third-order valence-electron chi connectivity index (χ3n) is 3.92. The van der Waals surface area contributed by atoms with Gasteiger partial charge in [0.15, 0.2) is 0 Å². The van der Waals surface area contributed by atoms with Gasteiger partial charge in [-0.1, -0.05) is 17.7 Å². The Morgan fingerprint density at radius 3 is 2.68 bits per heavy atom. The van der Waals surface area contributed by atoms with Crippen LogP contribution in [0.2, 0.25) is 0 Å². The minimum atomic E-state index is 0.817. The highest BCUT2D eigenvalue weighted by Gasteiger charge is 2.14. The molecule has 19 heavy (non-hydrogen) atoms. The standard InChI is InChI=1S/C16H21N3/c1-13-2-4-16(5-3-13)19-12-15(11-18-19)10-14-6-8-17-9-7-14/h2-5,11-12,14,17H,6-10H2,1H3. The van der Waals surface area contributed by atoms with E-state index in [4.69, 9.17) is 0 Å². The van der Waals surface area contributed by atoms with Crippen LogP contribution in [-0.2, 0) is 6.42 Å². The first-order chi connectivity index (χ1) is 9.31. The molecule has 0 atom stereocenters. The molecule has 3 rings (SSSR count). The Hall–Kier alpha value is -1.61. The van der Waals surface area contributed by atoms with Crippen molar-refractivity contribution in [2.45, 2.75) is 26.2 Å². The van der Waals surface area contributed by atoms with E-state index in [2.05, 4.69) is 47.8 Å². The van der Waals surface area contributed by atoms with Crippen molar-refractivity contribution in [1.29, 1.82) is 0 Å². The van der Waals surface area contributed by atoms with Crippen molar-refractivity contribution in [2.75, 3.05) is 13.1 Å². The van der Waals surface area contributed by atoms with Gasteiger partial charge in [0.2, 0.25) is 0 Å². The fraction of sp³-hybridized carbons (Fsp3) is 0.438. The van der Waals surface area contributed by atoms with Crippen molar-refractivity contribution in [1.82, 2.24) is 15.1 Å². The molecule has 1 N–H and O–H groups in total. The van der Waals surface area contributed by atoms with Crippen molar-refractivity contribution in [3.8, 4) is 5.69 Å². The highest BCUT2D eigenvalue weighted by Crippen LogP contribution is 2.18. The summed E-state index contributed by atoms with van der Waals surface area (Å²) in [4.78, 5) is 0. The quantitative estimate of drug-likeness (QED) is 0.914. The zero-order chi connectivity index (χ0) is 13.1. The molecule has 3 heteroatoms. The van der Waals surface area contributed by atoms with Gasteiger partial charge in [-0.15, -0.1) is 0 Å². The maximum atomic E-state index is 4.48. The second-order valence-electron chi connectivity index (χ2n) is 5.53. The van der Waals surface area contributed by atoms with E-state index in [1.807, 2.05) is 10.9 Å². The monoisotopic (exact) mass is 255 g/mol. The van der Waals surface area contributed by atoms with Gasteiger partial charge in [0, 0.05) is 6.20 Å². The topological polar surface area (TPSA) is 29.9 Å². The van der Waals surface area contributed by atoms with Crippen molar-refractivity contribution in [2.24, 2.45) is 5.92 Å². The Morgan fingerprint density at radius 2 is 1.95 bits per heavy atom. The van der Waals surface area contributed by atoms with Gasteiger partial charge < -0.3 is 5.32 Å². The van der Waals surface area contributed by atoms with E-state index >= 15 is 0 Å². The van der Waals surface area contributed by atoms with Crippen LogP contribution in [0.4, 0.5) is 0 Å². The molecule has 1 aromatic heterocycles. The van der Waals surface area contributed by atoms with Crippen molar-refractivity contribution in [3.63, 3.8) is 0 Å². The lowest BCUT2D eigenvalue weighted by atomic mass is 9.92. The summed E-state index contributed by atoms with van der Waals surface area (Å²) in [6.45, 7) is 4.43. The van der Waals surface area contributed by atoms with Crippen molar-refractivity contribution in [3.05, 3.63) is 47.8 Å². The van der Waals surface area contributed by atoms with E-state index < -0.39 is 0 Å². The fourth-order valence-electron chi connectivity index (χ4n) is 2.72. The average Bonchev–Trinajstić information content (AvgIpc) is 2.89. The first-order valence-electron chi connectivity index (χ1n) is 7.12. The van der Waals surface area contributed by atoms with Crippen LogP contribution >= 0.6 is 0 Å². The molecule has 0 spiro atoms. The first kappa shape index (κ1) is 12.4. The van der Waals surface area contributed by atoms with Crippen molar-refractivity contribution >= 4 is 0 Å². The number of aromatic nitrogens is 2. The number of hydrogen-bond donors (Lipinski definition) is 1. The number of rotatable bonds is 3. The number of benzene rings is 1. The highest BCUT2D eigenvalue weighted by atomic mass is 15.3. The third kappa shape index (κ3) is 3.04. The minimum absolute atomic E-state index is 0.817. The normalized spacial score (nSPS) is 16.7. The lowest BCUT2D eigenvalue weighted by Gasteiger charge is -2.21. The second kappa shape index (κ2) is 5.57. The largest absolute Gasteiger partial charge is 0.317 e. The van der Waals surface area contributed by atoms with Crippen LogP contribution in [0.15, 0.2) is 36.7 Å². The van der Waals surface area contributed by atoms with Crippen LogP contribution < -0.4 is 5.32 Å². The molecule has 2 aromatic rings. The fourth-order valence-corrected chi connectivity index (χ4v) is 2.72. The average molecular weight is 255 g/mol. The Kier molecular flexibility index (Phi) is 3.65. The highest BCUT2D eigenvalue weighted by molar-refractivity contribution is 5.34. The molecular weight excluding hydrogens is 234 g/mol. The molecule has 1 saturated heterocycles. The third-order valence-corrected chi connectivity index (χ3v) is 3.92. The molecule has 0 bridgehead atoms. The van der Waals surface area contributed by atoms with E-state index in [1.165, 1.54) is 24.0 Å². The molecule has 100 valence electrons. The van der Waals surface area contributed by atoms with E-state index in [0.29, 0.717) is 0 Å². The van der Waals surface area contributed by atoms with Gasteiger partial charge in [0.05, 0.1) is 11.9 Å². The lowest BCUT2D eigenvalue weighted by molar-refractivity contribution is 0.372. The van der Waals surface area contributed by atoms with E-state index in [9.17, 15) is 0 Å². The summed E-state index contributed by atoms with van der Waals surface area (Å²) in [5.74, 6) is 0.817. The molecule has 0 aliphatic carbocycles. The zero-order valence-electron chi connectivity index (χ0n) is 11.5. The van der Waals surface area contributed by atoms with E-state index in [1.54, 1.807) is 0 Å². The molecule has 1 aromatic carbocycles. The summed E-state index contributed by atoms with van der Waals surface area (Å²) in [5, 5.41) is 7.90. The second-order valence-corrected chi connectivity index (χ2v) is 5.53. The molecule has 0 unspecified atom stereocenters. The number of nitrogens with one attached hydrogen (secondary N) is 1. The maximum absolute atomic E-state index is 4.48. The molecular formula is C16H21N3. The zero-order valence-corrected chi connectivity index (χ0v) is 11.5. The summed E-state index contributed by atoms with van der Waals surface area (Å²) in [5.41, 5.74) is 3.78. The smallest absolute Gasteiger partial charge is 0.0645 e. The van der Waals surface area contributed by atoms with E-state index in [-0.39, 0.29) is 0 Å². The summed E-state index contributed by atoms with van der Waals surface area (Å²) >= 11 is 0. The number of aryl methyl sites for hydroxylation is 1. The maximum Gasteiger partial charge on any atom is 0.0645 e. The van der Waals surface area contributed by atoms with Crippen molar-refractivity contribution < 1.29 is 0 Å². The summed E-state index contributed by atoms with van der Waals surface area (Å²) in [6.07, 6.45) is 7.92. The minimum Gasteiger partial charge on any atom is -0.317 e. The Bertz CT molecular complexity index is 521. The Balaban J connectivity index is 1.70. The Labute approximate surface area is 114 Å². The van der Waals surface area contributed by atoms with Gasteiger partial charge in [-0.2, -0.15) is 5.10 Å². The SMILES string of the molecule is Cc1ccc(-n2cc(CC3CCNCC3)cn2)cc1. The molecule has 1 aliphatic rings. The summed E-state index contributed by atoms with van der Waals surface area (Å²) in [6, 6.07) is 8.50. The molecule has 2 heterocycles. The molecule has 3 nitrogen and oxygen atoms in total.